The van der Waals surface area contributed by atoms with Crippen molar-refractivity contribution in [3.05, 3.63) is 29.8 Å². The molecule has 1 aromatic carbocycles. The highest BCUT2D eigenvalue weighted by atomic mass is 16.5. The normalized spacial score (nSPS) is 29.9. The molecule has 1 saturated heterocycles. The molecule has 0 aromatic heterocycles. The summed E-state index contributed by atoms with van der Waals surface area (Å²) in [6, 6.07) is 8.55. The lowest BCUT2D eigenvalue weighted by Gasteiger charge is -2.55. The van der Waals surface area contributed by atoms with E-state index in [1.807, 2.05) is 11.8 Å². The molecule has 2 saturated carbocycles. The van der Waals surface area contributed by atoms with Gasteiger partial charge in [-0.1, -0.05) is 32.9 Å². The van der Waals surface area contributed by atoms with Gasteiger partial charge in [0.05, 0.1) is 11.7 Å². The molecule has 1 N–H and O–H groups in total. The highest BCUT2D eigenvalue weighted by molar-refractivity contribution is 5.81. The Balaban J connectivity index is 1.23. The van der Waals surface area contributed by atoms with Crippen LogP contribution in [0, 0.1) is 11.3 Å². The zero-order valence-electron chi connectivity index (χ0n) is 17.8. The number of carbonyl (C=O) groups is 1. The number of benzene rings is 1. The van der Waals surface area contributed by atoms with Crippen molar-refractivity contribution in [1.82, 2.24) is 4.90 Å². The third kappa shape index (κ3) is 3.94. The number of aliphatic hydroxyl groups is 1. The second-order valence-electron chi connectivity index (χ2n) is 10.9. The number of nitrogens with zero attached hydrogens (tertiary/aromatic N) is 1. The fraction of sp³-hybridized carbons (Fsp3) is 0.708. The molecular weight excluding hydrogens is 350 g/mol. The van der Waals surface area contributed by atoms with Gasteiger partial charge in [0, 0.05) is 24.4 Å². The maximum absolute atomic E-state index is 12.5. The summed E-state index contributed by atoms with van der Waals surface area (Å²) in [7, 11) is 0. The lowest BCUT2D eigenvalue weighted by atomic mass is 9.66. The monoisotopic (exact) mass is 385 g/mol. The first-order valence-corrected chi connectivity index (χ1v) is 10.8. The van der Waals surface area contributed by atoms with Gasteiger partial charge in [0.2, 0.25) is 5.91 Å². The van der Waals surface area contributed by atoms with Gasteiger partial charge in [-0.25, -0.2) is 0 Å². The van der Waals surface area contributed by atoms with Crippen LogP contribution in [0.3, 0.4) is 0 Å². The van der Waals surface area contributed by atoms with E-state index in [2.05, 4.69) is 45.0 Å². The summed E-state index contributed by atoms with van der Waals surface area (Å²) in [6.45, 7) is 10.3. The average molecular weight is 386 g/mol. The number of hydrogen-bond donors (Lipinski definition) is 1. The van der Waals surface area contributed by atoms with Crippen LogP contribution < -0.4 is 4.74 Å². The van der Waals surface area contributed by atoms with Crippen molar-refractivity contribution in [2.24, 2.45) is 11.3 Å². The van der Waals surface area contributed by atoms with Crippen LogP contribution in [0.1, 0.15) is 71.8 Å². The fourth-order valence-electron chi connectivity index (χ4n) is 5.22. The molecule has 3 aliphatic rings. The van der Waals surface area contributed by atoms with Gasteiger partial charge in [0.25, 0.3) is 0 Å². The summed E-state index contributed by atoms with van der Waals surface area (Å²) >= 11 is 0. The molecule has 0 atom stereocenters. The van der Waals surface area contributed by atoms with Crippen molar-refractivity contribution in [2.45, 2.75) is 83.3 Å². The van der Waals surface area contributed by atoms with Gasteiger partial charge < -0.3 is 14.7 Å². The third-order valence-corrected chi connectivity index (χ3v) is 7.10. The van der Waals surface area contributed by atoms with Crippen LogP contribution in [0.25, 0.3) is 0 Å². The maximum Gasteiger partial charge on any atom is 0.225 e. The SMILES string of the molecule is CC1(O)CC(C(=O)N2CC3(CCC(Oc4ccc(C(C)(C)C)cc4)CC3)C2)C1. The Morgan fingerprint density at radius 2 is 1.68 bits per heavy atom. The minimum absolute atomic E-state index is 0.0445. The molecule has 0 unspecified atom stereocenters. The lowest BCUT2D eigenvalue weighted by Crippen LogP contribution is -2.63. The third-order valence-electron chi connectivity index (χ3n) is 7.10. The van der Waals surface area contributed by atoms with Crippen LogP contribution in [0.15, 0.2) is 24.3 Å². The Hall–Kier alpha value is -1.55. The zero-order valence-corrected chi connectivity index (χ0v) is 17.8. The minimum Gasteiger partial charge on any atom is -0.490 e. The number of hydrogen-bond acceptors (Lipinski definition) is 3. The molecule has 0 bridgehead atoms. The van der Waals surface area contributed by atoms with Crippen LogP contribution in [0.5, 0.6) is 5.75 Å². The fourth-order valence-corrected chi connectivity index (χ4v) is 5.22. The molecule has 154 valence electrons. The minimum atomic E-state index is -0.622. The van der Waals surface area contributed by atoms with Gasteiger partial charge >= 0.3 is 0 Å². The molecule has 4 nitrogen and oxygen atoms in total. The van der Waals surface area contributed by atoms with E-state index in [1.165, 1.54) is 5.56 Å². The van der Waals surface area contributed by atoms with Crippen molar-refractivity contribution in [3.63, 3.8) is 0 Å². The molecule has 1 aromatic rings. The van der Waals surface area contributed by atoms with E-state index < -0.39 is 5.60 Å². The van der Waals surface area contributed by atoms with E-state index in [4.69, 9.17) is 4.74 Å². The predicted octanol–water partition coefficient (Wildman–Crippen LogP) is 4.30. The van der Waals surface area contributed by atoms with Gasteiger partial charge in [-0.15, -0.1) is 0 Å². The molecule has 1 aliphatic heterocycles. The Kier molecular flexibility index (Phi) is 4.77. The molecule has 3 fully saturated rings. The summed E-state index contributed by atoms with van der Waals surface area (Å²) in [5.41, 5.74) is 1.19. The van der Waals surface area contributed by atoms with Gasteiger partial charge in [-0.05, 0) is 68.6 Å². The standard InChI is InChI=1S/C24H35NO3/c1-22(2,3)18-5-7-19(8-6-18)28-20-9-11-24(12-10-20)15-25(16-24)21(26)17-13-23(4,27)14-17/h5-8,17,20,27H,9-16H2,1-4H3. The van der Waals surface area contributed by atoms with Crippen LogP contribution in [0.4, 0.5) is 0 Å². The molecule has 2 aliphatic carbocycles. The van der Waals surface area contributed by atoms with Crippen molar-refractivity contribution >= 4 is 5.91 Å². The van der Waals surface area contributed by atoms with Crippen LogP contribution >= 0.6 is 0 Å². The number of amides is 1. The first kappa shape index (κ1) is 19.8. The van der Waals surface area contributed by atoms with Gasteiger partial charge in [-0.3, -0.25) is 4.79 Å². The van der Waals surface area contributed by atoms with E-state index >= 15 is 0 Å². The van der Waals surface area contributed by atoms with Crippen LogP contribution in [-0.4, -0.2) is 40.7 Å². The number of rotatable bonds is 3. The second-order valence-corrected chi connectivity index (χ2v) is 10.9. The first-order valence-electron chi connectivity index (χ1n) is 10.8. The van der Waals surface area contributed by atoms with Crippen molar-refractivity contribution in [3.8, 4) is 5.75 Å². The van der Waals surface area contributed by atoms with E-state index in [1.54, 1.807) is 0 Å². The molecule has 1 amide bonds. The highest BCUT2D eigenvalue weighted by Crippen LogP contribution is 2.47. The Labute approximate surface area is 169 Å². The largest absolute Gasteiger partial charge is 0.490 e. The average Bonchev–Trinajstić information content (AvgIpc) is 2.57. The molecule has 4 heteroatoms. The number of carbonyl (C=O) groups excluding carboxylic acids is 1. The van der Waals surface area contributed by atoms with Crippen molar-refractivity contribution in [2.75, 3.05) is 13.1 Å². The molecule has 4 rings (SSSR count). The lowest BCUT2D eigenvalue weighted by molar-refractivity contribution is -0.164. The molecule has 0 radical (unpaired) electrons. The van der Waals surface area contributed by atoms with Crippen molar-refractivity contribution < 1.29 is 14.6 Å². The second kappa shape index (κ2) is 6.76. The quantitative estimate of drug-likeness (QED) is 0.844. The Morgan fingerprint density at radius 1 is 1.11 bits per heavy atom. The Morgan fingerprint density at radius 3 is 2.18 bits per heavy atom. The predicted molar refractivity (Wildman–Crippen MR) is 110 cm³/mol. The van der Waals surface area contributed by atoms with Gasteiger partial charge in [0.1, 0.15) is 5.75 Å². The summed E-state index contributed by atoms with van der Waals surface area (Å²) in [5.74, 6) is 1.27. The highest BCUT2D eigenvalue weighted by Gasteiger charge is 2.51. The number of ether oxygens (including phenoxy) is 1. The van der Waals surface area contributed by atoms with E-state index in [0.717, 1.165) is 44.5 Å². The van der Waals surface area contributed by atoms with Gasteiger partial charge in [0.15, 0.2) is 0 Å². The van der Waals surface area contributed by atoms with E-state index in [0.29, 0.717) is 18.3 Å². The van der Waals surface area contributed by atoms with Crippen LogP contribution in [0.2, 0.25) is 0 Å². The van der Waals surface area contributed by atoms with Crippen LogP contribution in [-0.2, 0) is 10.2 Å². The first-order chi connectivity index (χ1) is 13.1. The Bertz CT molecular complexity index is 707. The van der Waals surface area contributed by atoms with E-state index in [-0.39, 0.29) is 23.3 Å². The molecule has 28 heavy (non-hydrogen) atoms. The zero-order chi connectivity index (χ0) is 20.2. The molecule has 1 spiro atoms. The van der Waals surface area contributed by atoms with Crippen molar-refractivity contribution in [1.29, 1.82) is 0 Å². The summed E-state index contributed by atoms with van der Waals surface area (Å²) in [5, 5.41) is 9.87. The topological polar surface area (TPSA) is 49.8 Å². The molecule has 1 heterocycles. The summed E-state index contributed by atoms with van der Waals surface area (Å²) in [4.78, 5) is 14.5. The van der Waals surface area contributed by atoms with E-state index in [9.17, 15) is 9.90 Å². The summed E-state index contributed by atoms with van der Waals surface area (Å²) in [6.07, 6.45) is 5.96. The summed E-state index contributed by atoms with van der Waals surface area (Å²) < 4.78 is 6.24. The smallest absolute Gasteiger partial charge is 0.225 e. The number of likely N-dealkylation sites (tertiary alicyclic amines) is 1. The van der Waals surface area contributed by atoms with Gasteiger partial charge in [-0.2, -0.15) is 0 Å². The molecular formula is C24H35NO3. The maximum atomic E-state index is 12.5.